The highest BCUT2D eigenvalue weighted by molar-refractivity contribution is 5.68. The summed E-state index contributed by atoms with van der Waals surface area (Å²) in [7, 11) is 0. The van der Waals surface area contributed by atoms with E-state index in [0.717, 1.165) is 43.2 Å². The van der Waals surface area contributed by atoms with Crippen LogP contribution in [0.4, 0.5) is 4.79 Å². The molecule has 31 heavy (non-hydrogen) atoms. The number of hydrogen-bond acceptors (Lipinski definition) is 3. The highest BCUT2D eigenvalue weighted by Gasteiger charge is 2.31. The van der Waals surface area contributed by atoms with Gasteiger partial charge in [0.2, 0.25) is 0 Å². The second-order valence-corrected chi connectivity index (χ2v) is 11.4. The second-order valence-electron chi connectivity index (χ2n) is 11.4. The third-order valence-electron chi connectivity index (χ3n) is 7.09. The van der Waals surface area contributed by atoms with Crippen molar-refractivity contribution in [3.8, 4) is 0 Å². The van der Waals surface area contributed by atoms with Crippen LogP contribution in [0.2, 0.25) is 0 Å². The zero-order valence-electron chi connectivity index (χ0n) is 22.1. The molecule has 0 radical (unpaired) electrons. The lowest BCUT2D eigenvalue weighted by atomic mass is 9.95. The largest absolute Gasteiger partial charge is 0.449 e. The van der Waals surface area contributed by atoms with Gasteiger partial charge in [-0.15, -0.1) is 0 Å². The maximum absolute atomic E-state index is 11.8. The number of nitrogens with one attached hydrogen (secondary N) is 1. The molecule has 2 heterocycles. The molecular formula is C27H54N2O2. The lowest BCUT2D eigenvalue weighted by Crippen LogP contribution is -2.39. The zero-order chi connectivity index (χ0) is 23.4. The Labute approximate surface area is 194 Å². The molecule has 4 heteroatoms. The summed E-state index contributed by atoms with van der Waals surface area (Å²) in [4.78, 5) is 13.7. The molecule has 2 unspecified atom stereocenters. The van der Waals surface area contributed by atoms with E-state index in [2.05, 4.69) is 60.7 Å². The van der Waals surface area contributed by atoms with Crippen LogP contribution < -0.4 is 5.32 Å². The van der Waals surface area contributed by atoms with Crippen molar-refractivity contribution >= 4 is 6.09 Å². The van der Waals surface area contributed by atoms with E-state index >= 15 is 0 Å². The summed E-state index contributed by atoms with van der Waals surface area (Å²) in [6, 6.07) is 1.19. The van der Waals surface area contributed by atoms with Gasteiger partial charge in [-0.2, -0.15) is 0 Å². The maximum atomic E-state index is 11.8. The van der Waals surface area contributed by atoms with Crippen LogP contribution >= 0.6 is 0 Å². The number of carbonyl (C=O) groups excluding carboxylic acids is 1. The summed E-state index contributed by atoms with van der Waals surface area (Å²) < 4.78 is 5.25. The van der Waals surface area contributed by atoms with Gasteiger partial charge in [0.25, 0.3) is 0 Å². The van der Waals surface area contributed by atoms with Gasteiger partial charge in [0.1, 0.15) is 0 Å². The van der Waals surface area contributed by atoms with Crippen LogP contribution in [0.3, 0.4) is 0 Å². The Morgan fingerprint density at radius 3 is 1.87 bits per heavy atom. The van der Waals surface area contributed by atoms with E-state index < -0.39 is 0 Å². The van der Waals surface area contributed by atoms with Crippen LogP contribution in [0, 0.1) is 29.6 Å². The summed E-state index contributed by atoms with van der Waals surface area (Å²) in [6.45, 7) is 20.3. The molecular weight excluding hydrogens is 384 g/mol. The van der Waals surface area contributed by atoms with Gasteiger partial charge in [0.15, 0.2) is 0 Å². The number of ether oxygens (including phenoxy) is 1. The number of carbonyl (C=O) groups is 1. The van der Waals surface area contributed by atoms with E-state index in [9.17, 15) is 4.79 Å². The molecule has 3 aliphatic rings. The minimum Gasteiger partial charge on any atom is -0.449 e. The van der Waals surface area contributed by atoms with Gasteiger partial charge >= 0.3 is 6.09 Å². The first-order chi connectivity index (χ1) is 14.6. The van der Waals surface area contributed by atoms with Crippen molar-refractivity contribution in [3.63, 3.8) is 0 Å². The molecule has 3 rings (SSSR count). The van der Waals surface area contributed by atoms with Gasteiger partial charge in [-0.1, -0.05) is 81.1 Å². The molecule has 4 nitrogen and oxygen atoms in total. The Morgan fingerprint density at radius 1 is 0.839 bits per heavy atom. The summed E-state index contributed by atoms with van der Waals surface area (Å²) in [5.41, 5.74) is 0. The predicted molar refractivity (Wildman–Crippen MR) is 133 cm³/mol. The van der Waals surface area contributed by atoms with Gasteiger partial charge in [0.05, 0.1) is 6.61 Å². The van der Waals surface area contributed by atoms with E-state index in [1.54, 1.807) is 0 Å². The topological polar surface area (TPSA) is 41.6 Å². The molecule has 0 aromatic carbocycles. The fourth-order valence-electron chi connectivity index (χ4n) is 4.94. The van der Waals surface area contributed by atoms with E-state index in [-0.39, 0.29) is 6.09 Å². The zero-order valence-corrected chi connectivity index (χ0v) is 22.1. The monoisotopic (exact) mass is 438 g/mol. The Kier molecular flexibility index (Phi) is 13.8. The fourth-order valence-corrected chi connectivity index (χ4v) is 4.94. The molecule has 0 spiro atoms. The van der Waals surface area contributed by atoms with E-state index in [1.165, 1.54) is 45.1 Å². The molecule has 184 valence electrons. The third kappa shape index (κ3) is 11.1. The lowest BCUT2D eigenvalue weighted by molar-refractivity contribution is 0.0813. The van der Waals surface area contributed by atoms with Crippen molar-refractivity contribution in [1.29, 1.82) is 0 Å². The average Bonchev–Trinajstić information content (AvgIpc) is 3.48. The van der Waals surface area contributed by atoms with Gasteiger partial charge in [-0.25, -0.2) is 4.79 Å². The number of likely N-dealkylation sites (tertiary alicyclic amines) is 1. The molecule has 0 bridgehead atoms. The van der Waals surface area contributed by atoms with Crippen molar-refractivity contribution in [2.75, 3.05) is 19.7 Å². The van der Waals surface area contributed by atoms with Gasteiger partial charge in [-0.05, 0) is 61.8 Å². The van der Waals surface area contributed by atoms with Gasteiger partial charge < -0.3 is 15.0 Å². The van der Waals surface area contributed by atoms with Crippen molar-refractivity contribution in [1.82, 2.24) is 10.2 Å². The van der Waals surface area contributed by atoms with Crippen molar-refractivity contribution < 1.29 is 9.53 Å². The molecule has 3 fully saturated rings. The molecule has 2 aliphatic heterocycles. The van der Waals surface area contributed by atoms with Crippen molar-refractivity contribution in [2.45, 2.75) is 119 Å². The number of amides is 1. The van der Waals surface area contributed by atoms with E-state index in [0.29, 0.717) is 24.5 Å². The van der Waals surface area contributed by atoms with Gasteiger partial charge in [-0.3, -0.25) is 0 Å². The summed E-state index contributed by atoms with van der Waals surface area (Å²) in [6.07, 6.45) is 10.8. The Morgan fingerprint density at radius 2 is 1.48 bits per heavy atom. The van der Waals surface area contributed by atoms with E-state index in [1.807, 2.05) is 4.90 Å². The predicted octanol–water partition coefficient (Wildman–Crippen LogP) is 7.13. The van der Waals surface area contributed by atoms with Crippen LogP contribution in [-0.4, -0.2) is 42.8 Å². The van der Waals surface area contributed by atoms with Crippen LogP contribution in [0.25, 0.3) is 0 Å². The number of nitrogens with zero attached hydrogens (tertiary/aromatic N) is 1. The molecule has 1 aliphatic carbocycles. The Balaban J connectivity index is 0.000000253. The minimum atomic E-state index is -0.125. The average molecular weight is 439 g/mol. The molecule has 0 aromatic rings. The Hall–Kier alpha value is -0.770. The van der Waals surface area contributed by atoms with Crippen LogP contribution in [-0.2, 0) is 4.74 Å². The minimum absolute atomic E-state index is 0.125. The van der Waals surface area contributed by atoms with Crippen molar-refractivity contribution in [3.05, 3.63) is 0 Å². The van der Waals surface area contributed by atoms with Crippen LogP contribution in [0.15, 0.2) is 0 Å². The maximum Gasteiger partial charge on any atom is 0.410 e. The van der Waals surface area contributed by atoms with Crippen LogP contribution in [0.1, 0.15) is 107 Å². The van der Waals surface area contributed by atoms with Gasteiger partial charge in [0, 0.05) is 18.6 Å². The standard InChI is InChI=1S/C12H23NO2.C8H16.C7H15N/c1-9(2)8-15-12(14)13-7-5-6-11(13)10(3)4;1-7(2)8-5-3-4-6-8;1-6(2)7-4-3-5-8-7/h9-11H,5-8H2,1-4H3;7-8H,3-6H2,1-2H3;6-8H,3-5H2,1-2H3. The summed E-state index contributed by atoms with van der Waals surface area (Å²) in [5.74, 6) is 3.78. The first-order valence-electron chi connectivity index (χ1n) is 13.3. The summed E-state index contributed by atoms with van der Waals surface area (Å²) >= 11 is 0. The lowest BCUT2D eigenvalue weighted by Gasteiger charge is -2.27. The van der Waals surface area contributed by atoms with Crippen molar-refractivity contribution in [2.24, 2.45) is 29.6 Å². The SMILES string of the molecule is CC(C)C1CCCC1.CC(C)C1CCCN1.CC(C)COC(=O)N1CCCC1C(C)C. The van der Waals surface area contributed by atoms with Crippen LogP contribution in [0.5, 0.6) is 0 Å². The molecule has 1 amide bonds. The number of hydrogen-bond donors (Lipinski definition) is 1. The number of rotatable bonds is 5. The fraction of sp³-hybridized carbons (Fsp3) is 0.963. The first-order valence-corrected chi connectivity index (χ1v) is 13.3. The second kappa shape index (κ2) is 15.1. The summed E-state index contributed by atoms with van der Waals surface area (Å²) in [5, 5.41) is 3.46. The normalized spacial score (nSPS) is 23.9. The molecule has 1 N–H and O–H groups in total. The highest BCUT2D eigenvalue weighted by Crippen LogP contribution is 2.30. The molecule has 2 saturated heterocycles. The molecule has 2 atom stereocenters. The molecule has 0 aromatic heterocycles. The third-order valence-corrected chi connectivity index (χ3v) is 7.09. The Bertz CT molecular complexity index is 444. The first kappa shape index (κ1) is 28.3. The highest BCUT2D eigenvalue weighted by atomic mass is 16.6. The van der Waals surface area contributed by atoms with E-state index in [4.69, 9.17) is 4.74 Å². The smallest absolute Gasteiger partial charge is 0.410 e. The molecule has 1 saturated carbocycles. The quantitative estimate of drug-likeness (QED) is 0.496.